The fraction of sp³-hybridized carbons (Fsp3) is 0.0833. The summed E-state index contributed by atoms with van der Waals surface area (Å²) in [5.41, 5.74) is 1.04. The van der Waals surface area contributed by atoms with Gasteiger partial charge < -0.3 is 9.73 Å². The van der Waals surface area contributed by atoms with Crippen molar-refractivity contribution in [3.8, 4) is 6.07 Å². The number of benzene rings is 1. The van der Waals surface area contributed by atoms with Crippen LogP contribution in [0.5, 0.6) is 0 Å². The zero-order valence-corrected chi connectivity index (χ0v) is 10.6. The smallest absolute Gasteiger partial charge is 0.203 e. The first-order chi connectivity index (χ1) is 7.78. The van der Waals surface area contributed by atoms with E-state index in [1.807, 2.05) is 24.3 Å². The second-order valence-electron chi connectivity index (χ2n) is 3.24. The van der Waals surface area contributed by atoms with Crippen molar-refractivity contribution in [2.75, 3.05) is 5.32 Å². The van der Waals surface area contributed by atoms with Gasteiger partial charge in [0.15, 0.2) is 0 Å². The summed E-state index contributed by atoms with van der Waals surface area (Å²) in [5, 5.41) is 11.8. The highest BCUT2D eigenvalue weighted by molar-refractivity contribution is 14.1. The Hall–Kier alpha value is -1.48. The molecule has 0 unspecified atom stereocenters. The lowest BCUT2D eigenvalue weighted by atomic mass is 10.3. The van der Waals surface area contributed by atoms with Crippen LogP contribution < -0.4 is 5.32 Å². The SMILES string of the molecule is N#Cc1ccc(CNc2cccc(I)c2)o1. The number of anilines is 1. The molecular weight excluding hydrogens is 315 g/mol. The summed E-state index contributed by atoms with van der Waals surface area (Å²) in [4.78, 5) is 0. The number of halogens is 1. The lowest BCUT2D eigenvalue weighted by Gasteiger charge is -2.04. The van der Waals surface area contributed by atoms with Crippen LogP contribution in [0.2, 0.25) is 0 Å². The zero-order chi connectivity index (χ0) is 11.4. The molecular formula is C12H9IN2O. The first kappa shape index (κ1) is 11.0. The molecule has 0 amide bonds. The third-order valence-electron chi connectivity index (χ3n) is 2.06. The molecule has 0 radical (unpaired) electrons. The third kappa shape index (κ3) is 2.76. The molecule has 1 aromatic heterocycles. The minimum atomic E-state index is 0.347. The summed E-state index contributed by atoms with van der Waals surface area (Å²) in [7, 11) is 0. The van der Waals surface area contributed by atoms with Gasteiger partial charge in [-0.15, -0.1) is 0 Å². The van der Waals surface area contributed by atoms with Gasteiger partial charge >= 0.3 is 0 Å². The van der Waals surface area contributed by atoms with Gasteiger partial charge in [0, 0.05) is 9.26 Å². The highest BCUT2D eigenvalue weighted by Gasteiger charge is 2.00. The minimum absolute atomic E-state index is 0.347. The molecule has 0 saturated heterocycles. The van der Waals surface area contributed by atoms with E-state index in [9.17, 15) is 0 Å². The average molecular weight is 324 g/mol. The third-order valence-corrected chi connectivity index (χ3v) is 2.73. The fourth-order valence-electron chi connectivity index (χ4n) is 1.32. The Morgan fingerprint density at radius 2 is 2.19 bits per heavy atom. The van der Waals surface area contributed by atoms with E-state index >= 15 is 0 Å². The molecule has 80 valence electrons. The average Bonchev–Trinajstić information content (AvgIpc) is 2.74. The maximum atomic E-state index is 8.61. The Morgan fingerprint density at radius 3 is 2.88 bits per heavy atom. The lowest BCUT2D eigenvalue weighted by molar-refractivity contribution is 0.506. The normalized spacial score (nSPS) is 9.75. The van der Waals surface area contributed by atoms with Crippen molar-refractivity contribution in [3.05, 3.63) is 51.5 Å². The Bertz CT molecular complexity index is 528. The van der Waals surface area contributed by atoms with Crippen molar-refractivity contribution in [2.24, 2.45) is 0 Å². The molecule has 1 heterocycles. The Morgan fingerprint density at radius 1 is 1.31 bits per heavy atom. The maximum absolute atomic E-state index is 8.61. The van der Waals surface area contributed by atoms with Crippen LogP contribution in [0, 0.1) is 14.9 Å². The zero-order valence-electron chi connectivity index (χ0n) is 8.40. The Balaban J connectivity index is 2.00. The summed E-state index contributed by atoms with van der Waals surface area (Å²) in [6.07, 6.45) is 0. The molecule has 2 rings (SSSR count). The van der Waals surface area contributed by atoms with Crippen LogP contribution in [0.3, 0.4) is 0 Å². The van der Waals surface area contributed by atoms with Crippen LogP contribution in [-0.4, -0.2) is 0 Å². The van der Waals surface area contributed by atoms with E-state index in [2.05, 4.69) is 34.0 Å². The van der Waals surface area contributed by atoms with Gasteiger partial charge in [-0.3, -0.25) is 0 Å². The number of nitrogens with one attached hydrogen (secondary N) is 1. The van der Waals surface area contributed by atoms with Gasteiger partial charge in [0.25, 0.3) is 0 Å². The van der Waals surface area contributed by atoms with Crippen LogP contribution in [0.1, 0.15) is 11.5 Å². The first-order valence-electron chi connectivity index (χ1n) is 4.76. The molecule has 16 heavy (non-hydrogen) atoms. The van der Waals surface area contributed by atoms with Crippen molar-refractivity contribution >= 4 is 28.3 Å². The largest absolute Gasteiger partial charge is 0.449 e. The lowest BCUT2D eigenvalue weighted by Crippen LogP contribution is -1.97. The van der Waals surface area contributed by atoms with Gasteiger partial charge in [-0.25, -0.2) is 0 Å². The van der Waals surface area contributed by atoms with E-state index < -0.39 is 0 Å². The van der Waals surface area contributed by atoms with Crippen LogP contribution in [0.4, 0.5) is 5.69 Å². The molecule has 1 N–H and O–H groups in total. The summed E-state index contributed by atoms with van der Waals surface area (Å²) >= 11 is 2.26. The topological polar surface area (TPSA) is 49.0 Å². The van der Waals surface area contributed by atoms with Crippen molar-refractivity contribution in [1.82, 2.24) is 0 Å². The molecule has 0 saturated carbocycles. The molecule has 0 atom stereocenters. The van der Waals surface area contributed by atoms with Crippen LogP contribution >= 0.6 is 22.6 Å². The summed E-state index contributed by atoms with van der Waals surface area (Å²) in [6, 6.07) is 13.5. The second-order valence-corrected chi connectivity index (χ2v) is 4.49. The fourth-order valence-corrected chi connectivity index (χ4v) is 1.86. The molecule has 4 heteroatoms. The highest BCUT2D eigenvalue weighted by Crippen LogP contribution is 2.14. The predicted molar refractivity (Wildman–Crippen MR) is 69.9 cm³/mol. The summed E-state index contributed by atoms with van der Waals surface area (Å²) in [6.45, 7) is 0.585. The van der Waals surface area contributed by atoms with Gasteiger partial charge in [0.05, 0.1) is 6.54 Å². The standard InChI is InChI=1S/C12H9IN2O/c13-9-2-1-3-10(6-9)15-8-12-5-4-11(7-14)16-12/h1-6,15H,8H2. The van der Waals surface area contributed by atoms with Crippen molar-refractivity contribution in [3.63, 3.8) is 0 Å². The highest BCUT2D eigenvalue weighted by atomic mass is 127. The monoisotopic (exact) mass is 324 g/mol. The van der Waals surface area contributed by atoms with Gasteiger partial charge in [-0.1, -0.05) is 6.07 Å². The van der Waals surface area contributed by atoms with Crippen molar-refractivity contribution in [2.45, 2.75) is 6.54 Å². The van der Waals surface area contributed by atoms with E-state index in [4.69, 9.17) is 9.68 Å². The van der Waals surface area contributed by atoms with Crippen LogP contribution in [0.25, 0.3) is 0 Å². The van der Waals surface area contributed by atoms with E-state index in [-0.39, 0.29) is 0 Å². The van der Waals surface area contributed by atoms with Crippen LogP contribution in [0.15, 0.2) is 40.8 Å². The van der Waals surface area contributed by atoms with Crippen molar-refractivity contribution in [1.29, 1.82) is 5.26 Å². The summed E-state index contributed by atoms with van der Waals surface area (Å²) in [5.74, 6) is 1.11. The van der Waals surface area contributed by atoms with E-state index in [1.165, 1.54) is 3.57 Å². The van der Waals surface area contributed by atoms with Crippen molar-refractivity contribution < 1.29 is 4.42 Å². The molecule has 0 aliphatic rings. The molecule has 0 bridgehead atoms. The minimum Gasteiger partial charge on any atom is -0.449 e. The predicted octanol–water partition coefficient (Wildman–Crippen LogP) is 3.37. The number of hydrogen-bond acceptors (Lipinski definition) is 3. The van der Waals surface area contributed by atoms with Gasteiger partial charge in [-0.05, 0) is 52.9 Å². The molecule has 1 aromatic carbocycles. The number of nitriles is 1. The van der Waals surface area contributed by atoms with E-state index in [0.29, 0.717) is 12.3 Å². The second kappa shape index (κ2) is 5.03. The molecule has 2 aromatic rings. The number of nitrogens with zero attached hydrogens (tertiary/aromatic N) is 1. The molecule has 0 aliphatic carbocycles. The first-order valence-corrected chi connectivity index (χ1v) is 5.84. The van der Waals surface area contributed by atoms with Gasteiger partial charge in [-0.2, -0.15) is 5.26 Å². The summed E-state index contributed by atoms with van der Waals surface area (Å²) < 4.78 is 6.44. The van der Waals surface area contributed by atoms with Gasteiger partial charge in [0.1, 0.15) is 11.8 Å². The Kier molecular flexibility index (Phi) is 3.47. The molecule has 0 fully saturated rings. The van der Waals surface area contributed by atoms with E-state index in [1.54, 1.807) is 12.1 Å². The van der Waals surface area contributed by atoms with Gasteiger partial charge in [0.2, 0.25) is 5.76 Å². The van der Waals surface area contributed by atoms with E-state index in [0.717, 1.165) is 11.4 Å². The molecule has 0 spiro atoms. The number of rotatable bonds is 3. The number of furan rings is 1. The molecule has 0 aliphatic heterocycles. The quantitative estimate of drug-likeness (QED) is 0.881. The van der Waals surface area contributed by atoms with Crippen LogP contribution in [-0.2, 0) is 6.54 Å². The molecule has 3 nitrogen and oxygen atoms in total. The Labute approximate surface area is 107 Å². The maximum Gasteiger partial charge on any atom is 0.203 e. The number of hydrogen-bond donors (Lipinski definition) is 1.